The second kappa shape index (κ2) is 9.61. The lowest BCUT2D eigenvalue weighted by molar-refractivity contribution is -0.123. The van der Waals surface area contributed by atoms with Gasteiger partial charge in [0.15, 0.2) is 0 Å². The molecule has 1 saturated heterocycles. The number of carbonyl (C=O) groups excluding carboxylic acids is 3. The molecule has 3 aromatic carbocycles. The molecule has 8 heteroatoms. The molecule has 0 bridgehead atoms. The topological polar surface area (TPSA) is 63.7 Å². The number of amides is 2. The highest BCUT2D eigenvalue weighted by Gasteiger charge is 2.35. The van der Waals surface area contributed by atoms with Crippen molar-refractivity contribution in [1.29, 1.82) is 0 Å². The lowest BCUT2D eigenvalue weighted by Gasteiger charge is -2.13. The Bertz CT molecular complexity index is 1240. The van der Waals surface area contributed by atoms with Crippen molar-refractivity contribution in [2.24, 2.45) is 0 Å². The summed E-state index contributed by atoms with van der Waals surface area (Å²) in [7, 11) is 0. The van der Waals surface area contributed by atoms with E-state index >= 15 is 0 Å². The van der Waals surface area contributed by atoms with Gasteiger partial charge in [-0.1, -0.05) is 65.7 Å². The van der Waals surface area contributed by atoms with E-state index in [1.165, 1.54) is 0 Å². The van der Waals surface area contributed by atoms with Gasteiger partial charge in [0.05, 0.1) is 22.0 Å². The van der Waals surface area contributed by atoms with Gasteiger partial charge in [0.1, 0.15) is 5.75 Å². The van der Waals surface area contributed by atoms with Crippen molar-refractivity contribution in [3.05, 3.63) is 104 Å². The molecule has 0 saturated carbocycles. The predicted molar refractivity (Wildman–Crippen MR) is 126 cm³/mol. The van der Waals surface area contributed by atoms with E-state index in [2.05, 4.69) is 0 Å². The lowest BCUT2D eigenvalue weighted by atomic mass is 10.2. The van der Waals surface area contributed by atoms with Crippen LogP contribution in [0.3, 0.4) is 0 Å². The fourth-order valence-electron chi connectivity index (χ4n) is 3.01. The Hall–Kier alpha value is -3.06. The Morgan fingerprint density at radius 2 is 1.56 bits per heavy atom. The molecule has 0 spiro atoms. The quantitative estimate of drug-likeness (QED) is 0.237. The first kappa shape index (κ1) is 22.1. The zero-order valence-electron chi connectivity index (χ0n) is 16.5. The summed E-state index contributed by atoms with van der Waals surface area (Å²) in [6.07, 6.45) is 1.62. The van der Waals surface area contributed by atoms with Crippen LogP contribution < -0.4 is 4.74 Å². The molecule has 0 radical (unpaired) electrons. The van der Waals surface area contributed by atoms with E-state index < -0.39 is 5.97 Å². The molecular formula is C24H15Cl2NO4S. The summed E-state index contributed by atoms with van der Waals surface area (Å²) < 4.78 is 5.35. The molecule has 0 aromatic heterocycles. The van der Waals surface area contributed by atoms with Crippen LogP contribution in [0, 0.1) is 0 Å². The van der Waals surface area contributed by atoms with Crippen molar-refractivity contribution in [1.82, 2.24) is 4.90 Å². The molecule has 0 aliphatic carbocycles. The number of carbonyl (C=O) groups is 3. The number of thioether (sulfide) groups is 1. The Morgan fingerprint density at radius 1 is 0.906 bits per heavy atom. The van der Waals surface area contributed by atoms with Crippen molar-refractivity contribution in [2.75, 3.05) is 0 Å². The molecule has 1 heterocycles. The van der Waals surface area contributed by atoms with Gasteiger partial charge < -0.3 is 4.74 Å². The third-order valence-corrected chi connectivity index (χ3v) is 6.25. The van der Waals surface area contributed by atoms with Crippen LogP contribution in [0.2, 0.25) is 10.0 Å². The summed E-state index contributed by atoms with van der Waals surface area (Å²) >= 11 is 13.0. The number of imide groups is 1. The standard InChI is InChI=1S/C24H15Cl2NO4S/c25-19-7-3-1-5-16(19)14-27-22(28)21(32-24(27)30)13-15-9-11-17(12-10-15)31-23(29)18-6-2-4-8-20(18)26/h1-13H,14H2/b21-13-. The largest absolute Gasteiger partial charge is 0.423 e. The summed E-state index contributed by atoms with van der Waals surface area (Å²) in [5.41, 5.74) is 1.65. The fraction of sp³-hybridized carbons (Fsp3) is 0.0417. The number of halogens is 2. The molecule has 1 fully saturated rings. The number of rotatable bonds is 5. The van der Waals surface area contributed by atoms with Crippen molar-refractivity contribution in [3.8, 4) is 5.75 Å². The third kappa shape index (κ3) is 4.88. The van der Waals surface area contributed by atoms with Crippen molar-refractivity contribution in [2.45, 2.75) is 6.54 Å². The van der Waals surface area contributed by atoms with Gasteiger partial charge >= 0.3 is 5.97 Å². The molecule has 0 atom stereocenters. The van der Waals surface area contributed by atoms with Gasteiger partial charge in [0.25, 0.3) is 11.1 Å². The minimum atomic E-state index is -0.566. The first-order chi connectivity index (χ1) is 15.4. The maximum atomic E-state index is 12.7. The Labute approximate surface area is 198 Å². The van der Waals surface area contributed by atoms with Gasteiger partial charge in [-0.3, -0.25) is 14.5 Å². The maximum Gasteiger partial charge on any atom is 0.345 e. The van der Waals surface area contributed by atoms with Gasteiger partial charge in [-0.2, -0.15) is 0 Å². The molecule has 160 valence electrons. The number of benzene rings is 3. The van der Waals surface area contributed by atoms with Crippen molar-refractivity contribution < 1.29 is 19.1 Å². The summed E-state index contributed by atoms with van der Waals surface area (Å²) in [5.74, 6) is -0.614. The number of hydrogen-bond acceptors (Lipinski definition) is 5. The molecule has 0 unspecified atom stereocenters. The molecule has 3 aromatic rings. The van der Waals surface area contributed by atoms with Crippen LogP contribution in [0.5, 0.6) is 5.75 Å². The van der Waals surface area contributed by atoms with E-state index in [0.29, 0.717) is 31.8 Å². The predicted octanol–water partition coefficient (Wildman–Crippen LogP) is 6.45. The summed E-state index contributed by atoms with van der Waals surface area (Å²) in [6, 6.07) is 20.3. The molecule has 32 heavy (non-hydrogen) atoms. The third-order valence-electron chi connectivity index (χ3n) is 4.64. The monoisotopic (exact) mass is 483 g/mol. The average Bonchev–Trinajstić information content (AvgIpc) is 3.04. The Balaban J connectivity index is 1.45. The highest BCUT2D eigenvalue weighted by molar-refractivity contribution is 8.18. The minimum absolute atomic E-state index is 0.110. The molecule has 4 rings (SSSR count). The van der Waals surface area contributed by atoms with E-state index in [-0.39, 0.29) is 23.3 Å². The zero-order valence-corrected chi connectivity index (χ0v) is 18.8. The number of esters is 1. The molecular weight excluding hydrogens is 469 g/mol. The van der Waals surface area contributed by atoms with Crippen LogP contribution in [0.1, 0.15) is 21.5 Å². The van der Waals surface area contributed by atoms with Gasteiger partial charge in [0.2, 0.25) is 0 Å². The van der Waals surface area contributed by atoms with Gasteiger partial charge in [0, 0.05) is 5.02 Å². The van der Waals surface area contributed by atoms with Crippen LogP contribution in [-0.2, 0) is 11.3 Å². The summed E-state index contributed by atoms with van der Waals surface area (Å²) in [4.78, 5) is 38.8. The molecule has 1 aliphatic heterocycles. The SMILES string of the molecule is O=C(Oc1ccc(/C=C2\SC(=O)N(Cc3ccccc3Cl)C2=O)cc1)c1ccccc1Cl. The number of hydrogen-bond donors (Lipinski definition) is 0. The highest BCUT2D eigenvalue weighted by Crippen LogP contribution is 2.34. The van der Waals surface area contributed by atoms with Gasteiger partial charge in [-0.15, -0.1) is 0 Å². The van der Waals surface area contributed by atoms with E-state index in [1.54, 1.807) is 78.9 Å². The van der Waals surface area contributed by atoms with Gasteiger partial charge in [-0.05, 0) is 59.3 Å². The second-order valence-electron chi connectivity index (χ2n) is 6.80. The lowest BCUT2D eigenvalue weighted by Crippen LogP contribution is -2.27. The van der Waals surface area contributed by atoms with Crippen LogP contribution in [0.25, 0.3) is 6.08 Å². The average molecular weight is 484 g/mol. The fourth-order valence-corrected chi connectivity index (χ4v) is 4.25. The number of nitrogens with zero attached hydrogens (tertiary/aromatic N) is 1. The molecule has 2 amide bonds. The first-order valence-corrected chi connectivity index (χ1v) is 11.0. The number of ether oxygens (including phenoxy) is 1. The Kier molecular flexibility index (Phi) is 6.65. The zero-order chi connectivity index (χ0) is 22.7. The summed E-state index contributed by atoms with van der Waals surface area (Å²) in [6.45, 7) is 0.110. The Morgan fingerprint density at radius 3 is 2.25 bits per heavy atom. The maximum absolute atomic E-state index is 12.7. The van der Waals surface area contributed by atoms with Crippen LogP contribution in [0.4, 0.5) is 4.79 Å². The van der Waals surface area contributed by atoms with Crippen molar-refractivity contribution in [3.63, 3.8) is 0 Å². The van der Waals surface area contributed by atoms with Crippen molar-refractivity contribution >= 4 is 58.2 Å². The van der Waals surface area contributed by atoms with E-state index in [4.69, 9.17) is 27.9 Å². The van der Waals surface area contributed by atoms with Crippen LogP contribution in [0.15, 0.2) is 77.7 Å². The molecule has 0 N–H and O–H groups in total. The first-order valence-electron chi connectivity index (χ1n) is 9.48. The second-order valence-corrected chi connectivity index (χ2v) is 8.61. The summed E-state index contributed by atoms with van der Waals surface area (Å²) in [5, 5.41) is 0.450. The van der Waals surface area contributed by atoms with E-state index in [9.17, 15) is 14.4 Å². The van der Waals surface area contributed by atoms with E-state index in [1.807, 2.05) is 0 Å². The highest BCUT2D eigenvalue weighted by atomic mass is 35.5. The van der Waals surface area contributed by atoms with Gasteiger partial charge in [-0.25, -0.2) is 4.79 Å². The normalized spacial score (nSPS) is 14.8. The van der Waals surface area contributed by atoms with Crippen LogP contribution in [-0.4, -0.2) is 22.0 Å². The minimum Gasteiger partial charge on any atom is -0.423 e. The van der Waals surface area contributed by atoms with Crippen LogP contribution >= 0.6 is 35.0 Å². The molecule has 1 aliphatic rings. The van der Waals surface area contributed by atoms with E-state index in [0.717, 1.165) is 16.7 Å². The molecule has 5 nitrogen and oxygen atoms in total. The smallest absolute Gasteiger partial charge is 0.345 e.